The zero-order chi connectivity index (χ0) is 27.2. The lowest BCUT2D eigenvalue weighted by molar-refractivity contribution is -0.141. The summed E-state index contributed by atoms with van der Waals surface area (Å²) in [6.07, 6.45) is 2.23. The third kappa shape index (κ3) is 9.95. The number of esters is 1. The van der Waals surface area contributed by atoms with E-state index in [4.69, 9.17) is 14.2 Å². The van der Waals surface area contributed by atoms with Gasteiger partial charge in [-0.15, -0.1) is 11.3 Å². The first-order valence-corrected chi connectivity index (χ1v) is 13.3. The molecule has 0 aliphatic rings. The van der Waals surface area contributed by atoms with Gasteiger partial charge in [0.2, 0.25) is 5.91 Å². The number of rotatable bonds is 15. The Labute approximate surface area is 223 Å². The van der Waals surface area contributed by atoms with Crippen molar-refractivity contribution in [2.75, 3.05) is 47.0 Å². The summed E-state index contributed by atoms with van der Waals surface area (Å²) in [6, 6.07) is 9.32. The Morgan fingerprint density at radius 1 is 0.973 bits per heavy atom. The number of amides is 3. The number of unbranched alkanes of at least 4 members (excludes halogenated alkanes) is 1. The molecule has 1 heterocycles. The van der Waals surface area contributed by atoms with E-state index in [1.165, 1.54) is 9.78 Å². The molecule has 0 spiro atoms. The number of aryl methyl sites for hydroxylation is 1. The molecule has 0 aliphatic carbocycles. The Morgan fingerprint density at radius 3 is 2.35 bits per heavy atom. The highest BCUT2D eigenvalue weighted by Gasteiger charge is 2.22. The average Bonchev–Trinajstić information content (AvgIpc) is 3.31. The van der Waals surface area contributed by atoms with E-state index < -0.39 is 12.0 Å². The van der Waals surface area contributed by atoms with E-state index in [1.807, 2.05) is 44.2 Å². The topological polar surface area (TPSA) is 97.4 Å². The monoisotopic (exact) mass is 533 g/mol. The number of ether oxygens (including phenoxy) is 3. The minimum absolute atomic E-state index is 0.0784. The first kappa shape index (κ1) is 30.0. The molecule has 10 heteroatoms. The minimum atomic E-state index is -0.512. The van der Waals surface area contributed by atoms with E-state index in [-0.39, 0.29) is 25.6 Å². The molecule has 204 valence electrons. The Morgan fingerprint density at radius 2 is 1.73 bits per heavy atom. The van der Waals surface area contributed by atoms with Gasteiger partial charge in [-0.3, -0.25) is 9.59 Å². The van der Waals surface area contributed by atoms with Crippen molar-refractivity contribution < 1.29 is 28.6 Å². The van der Waals surface area contributed by atoms with Gasteiger partial charge in [0, 0.05) is 22.8 Å². The van der Waals surface area contributed by atoms with Gasteiger partial charge in [-0.25, -0.2) is 4.79 Å². The van der Waals surface area contributed by atoms with Crippen molar-refractivity contribution in [2.45, 2.75) is 46.6 Å². The van der Waals surface area contributed by atoms with Crippen LogP contribution in [0, 0.1) is 6.92 Å². The maximum Gasteiger partial charge on any atom is 0.325 e. The number of carbonyl (C=O) groups is 3. The summed E-state index contributed by atoms with van der Waals surface area (Å²) in [4.78, 5) is 43.5. The van der Waals surface area contributed by atoms with Crippen molar-refractivity contribution in [2.24, 2.45) is 0 Å². The number of urea groups is 1. The van der Waals surface area contributed by atoms with Gasteiger partial charge < -0.3 is 29.3 Å². The lowest BCUT2D eigenvalue weighted by Crippen LogP contribution is -2.48. The summed E-state index contributed by atoms with van der Waals surface area (Å²) in [6.45, 7) is 7.02. The van der Waals surface area contributed by atoms with Gasteiger partial charge >= 0.3 is 12.0 Å². The van der Waals surface area contributed by atoms with Gasteiger partial charge in [0.15, 0.2) is 11.5 Å². The van der Waals surface area contributed by atoms with Crippen molar-refractivity contribution >= 4 is 29.2 Å². The largest absolute Gasteiger partial charge is 0.493 e. The lowest BCUT2D eigenvalue weighted by Gasteiger charge is -2.28. The molecule has 1 aromatic heterocycles. The van der Waals surface area contributed by atoms with E-state index in [2.05, 4.69) is 5.32 Å². The Balaban J connectivity index is 2.15. The van der Waals surface area contributed by atoms with Crippen LogP contribution in [0.3, 0.4) is 0 Å². The summed E-state index contributed by atoms with van der Waals surface area (Å²) in [5, 5.41) is 2.57. The second-order valence-corrected chi connectivity index (χ2v) is 9.88. The molecule has 0 saturated carbocycles. The fraction of sp³-hybridized carbons (Fsp3) is 0.519. The standard InChI is InChI=1S/C27H39N3O6S/c1-6-8-14-30(27(33)28-17-26(32)36-7-2)19-25(31)29(18-22-11-9-20(3)37-22)15-13-21-10-12-23(34-4)24(16-21)35-5/h9-12,16H,6-8,13-15,17-19H2,1-5H3,(H,28,33). The van der Waals surface area contributed by atoms with E-state index in [0.717, 1.165) is 23.3 Å². The van der Waals surface area contributed by atoms with Gasteiger partial charge in [-0.1, -0.05) is 19.4 Å². The second kappa shape index (κ2) is 15.8. The van der Waals surface area contributed by atoms with Crippen LogP contribution in [0.2, 0.25) is 0 Å². The van der Waals surface area contributed by atoms with Crippen LogP contribution in [0.4, 0.5) is 4.79 Å². The fourth-order valence-electron chi connectivity index (χ4n) is 3.69. The number of thiophene rings is 1. The van der Waals surface area contributed by atoms with Gasteiger partial charge in [-0.05, 0) is 56.5 Å². The quantitative estimate of drug-likeness (QED) is 0.347. The maximum absolute atomic E-state index is 13.5. The normalized spacial score (nSPS) is 10.5. The number of hydrogen-bond acceptors (Lipinski definition) is 7. The van der Waals surface area contributed by atoms with Crippen molar-refractivity contribution in [3.05, 3.63) is 45.6 Å². The summed E-state index contributed by atoms with van der Waals surface area (Å²) in [5.41, 5.74) is 1.01. The Kier molecular flexibility index (Phi) is 12.8. The van der Waals surface area contributed by atoms with Crippen LogP contribution >= 0.6 is 11.3 Å². The molecule has 2 rings (SSSR count). The molecule has 0 atom stereocenters. The molecule has 2 aromatic rings. The van der Waals surface area contributed by atoms with Crippen LogP contribution in [0.5, 0.6) is 11.5 Å². The van der Waals surface area contributed by atoms with Crippen LogP contribution < -0.4 is 14.8 Å². The maximum atomic E-state index is 13.5. The minimum Gasteiger partial charge on any atom is -0.493 e. The second-order valence-electron chi connectivity index (χ2n) is 8.51. The Hall–Kier alpha value is -3.27. The van der Waals surface area contributed by atoms with E-state index in [1.54, 1.807) is 37.4 Å². The highest BCUT2D eigenvalue weighted by molar-refractivity contribution is 7.11. The molecule has 0 saturated heterocycles. The molecular weight excluding hydrogens is 494 g/mol. The number of hydrogen-bond donors (Lipinski definition) is 1. The zero-order valence-electron chi connectivity index (χ0n) is 22.5. The molecule has 0 bridgehead atoms. The number of carbonyl (C=O) groups excluding carboxylic acids is 3. The Bertz CT molecular complexity index is 1030. The molecular formula is C27H39N3O6S. The molecule has 9 nitrogen and oxygen atoms in total. The zero-order valence-corrected chi connectivity index (χ0v) is 23.3. The van der Waals surface area contributed by atoms with Gasteiger partial charge in [0.05, 0.1) is 27.4 Å². The van der Waals surface area contributed by atoms with Crippen molar-refractivity contribution in [1.82, 2.24) is 15.1 Å². The molecule has 0 fully saturated rings. The predicted octanol–water partition coefficient (Wildman–Crippen LogP) is 4.02. The first-order valence-electron chi connectivity index (χ1n) is 12.5. The van der Waals surface area contributed by atoms with Gasteiger partial charge in [-0.2, -0.15) is 0 Å². The summed E-state index contributed by atoms with van der Waals surface area (Å²) in [5.74, 6) is 0.612. The summed E-state index contributed by atoms with van der Waals surface area (Å²) < 4.78 is 15.6. The average molecular weight is 534 g/mol. The lowest BCUT2D eigenvalue weighted by atomic mass is 10.1. The summed E-state index contributed by atoms with van der Waals surface area (Å²) >= 11 is 1.65. The third-order valence-corrected chi connectivity index (χ3v) is 6.68. The van der Waals surface area contributed by atoms with Crippen LogP contribution in [-0.2, 0) is 27.3 Å². The highest BCUT2D eigenvalue weighted by atomic mass is 32.1. The van der Waals surface area contributed by atoms with Crippen LogP contribution in [-0.4, -0.2) is 74.7 Å². The summed E-state index contributed by atoms with van der Waals surface area (Å²) in [7, 11) is 3.18. The van der Waals surface area contributed by atoms with Gasteiger partial charge in [0.1, 0.15) is 13.1 Å². The van der Waals surface area contributed by atoms with Crippen molar-refractivity contribution in [3.8, 4) is 11.5 Å². The number of methoxy groups -OCH3 is 2. The van der Waals surface area contributed by atoms with Crippen LogP contribution in [0.25, 0.3) is 0 Å². The highest BCUT2D eigenvalue weighted by Crippen LogP contribution is 2.28. The van der Waals surface area contributed by atoms with E-state index in [0.29, 0.717) is 37.6 Å². The van der Waals surface area contributed by atoms with E-state index >= 15 is 0 Å². The van der Waals surface area contributed by atoms with Crippen molar-refractivity contribution in [1.29, 1.82) is 0 Å². The molecule has 0 unspecified atom stereocenters. The first-order chi connectivity index (χ1) is 17.8. The van der Waals surface area contributed by atoms with Crippen LogP contribution in [0.1, 0.15) is 42.0 Å². The van der Waals surface area contributed by atoms with Crippen LogP contribution in [0.15, 0.2) is 30.3 Å². The van der Waals surface area contributed by atoms with E-state index in [9.17, 15) is 14.4 Å². The smallest absolute Gasteiger partial charge is 0.325 e. The number of benzene rings is 1. The SMILES string of the molecule is CCCCN(CC(=O)N(CCc1ccc(OC)c(OC)c1)Cc1ccc(C)s1)C(=O)NCC(=O)OCC. The third-order valence-electron chi connectivity index (χ3n) is 5.70. The molecule has 1 N–H and O–H groups in total. The molecule has 1 aromatic carbocycles. The number of nitrogens with zero attached hydrogens (tertiary/aromatic N) is 2. The van der Waals surface area contributed by atoms with Crippen molar-refractivity contribution in [3.63, 3.8) is 0 Å². The number of nitrogens with one attached hydrogen (secondary N) is 1. The molecule has 37 heavy (non-hydrogen) atoms. The fourth-order valence-corrected chi connectivity index (χ4v) is 4.59. The molecule has 0 radical (unpaired) electrons. The predicted molar refractivity (Wildman–Crippen MR) is 144 cm³/mol. The van der Waals surface area contributed by atoms with Gasteiger partial charge in [0.25, 0.3) is 0 Å². The molecule has 3 amide bonds. The molecule has 0 aliphatic heterocycles.